The molecule has 3 amide bonds. The molecule has 0 bridgehead atoms. The SMILES string of the molecule is CCCCCCN(C(=O)C(NC(=O)OC(C)(C)C)C(C)C)C(C(=O)Nc1ccc2ccccc2c1)c1c(C)cccc1C. The Morgan fingerprint density at radius 2 is 1.51 bits per heavy atom. The van der Waals surface area contributed by atoms with Crippen molar-refractivity contribution < 1.29 is 19.1 Å². The van der Waals surface area contributed by atoms with E-state index < -0.39 is 23.8 Å². The molecule has 0 radical (unpaired) electrons. The fourth-order valence-electron chi connectivity index (χ4n) is 5.37. The number of aryl methyl sites for hydroxylation is 2. The van der Waals surface area contributed by atoms with Crippen LogP contribution in [0.3, 0.4) is 0 Å². The van der Waals surface area contributed by atoms with Gasteiger partial charge in [-0.15, -0.1) is 0 Å². The second-order valence-electron chi connectivity index (χ2n) is 12.7. The van der Waals surface area contributed by atoms with Crippen LogP contribution in [0.4, 0.5) is 10.5 Å². The van der Waals surface area contributed by atoms with Crippen LogP contribution in [0.2, 0.25) is 0 Å². The fraction of sp³-hybridized carbons (Fsp3) is 0.472. The molecule has 0 aliphatic carbocycles. The lowest BCUT2D eigenvalue weighted by molar-refractivity contribution is -0.141. The van der Waals surface area contributed by atoms with Gasteiger partial charge in [0.15, 0.2) is 0 Å². The quantitative estimate of drug-likeness (QED) is 0.210. The molecule has 43 heavy (non-hydrogen) atoms. The number of carbonyl (C=O) groups is 3. The van der Waals surface area contributed by atoms with E-state index in [9.17, 15) is 14.4 Å². The molecule has 0 heterocycles. The number of unbranched alkanes of at least 4 members (excludes halogenated alkanes) is 3. The van der Waals surface area contributed by atoms with Crippen molar-refractivity contribution in [1.29, 1.82) is 0 Å². The normalized spacial score (nSPS) is 13.0. The van der Waals surface area contributed by atoms with Gasteiger partial charge in [-0.3, -0.25) is 9.59 Å². The Balaban J connectivity index is 2.08. The second-order valence-corrected chi connectivity index (χ2v) is 12.7. The third kappa shape index (κ3) is 9.31. The van der Waals surface area contributed by atoms with E-state index in [0.717, 1.165) is 53.1 Å². The molecule has 3 aromatic carbocycles. The predicted molar refractivity (Wildman–Crippen MR) is 175 cm³/mol. The van der Waals surface area contributed by atoms with E-state index >= 15 is 0 Å². The summed E-state index contributed by atoms with van der Waals surface area (Å²) in [7, 11) is 0. The number of ether oxygens (including phenoxy) is 1. The van der Waals surface area contributed by atoms with Gasteiger partial charge in [-0.1, -0.05) is 88.6 Å². The Bertz CT molecular complexity index is 1390. The van der Waals surface area contributed by atoms with Gasteiger partial charge in [0.1, 0.15) is 17.7 Å². The lowest BCUT2D eigenvalue weighted by Gasteiger charge is -2.36. The molecule has 2 unspecified atom stereocenters. The van der Waals surface area contributed by atoms with Crippen molar-refractivity contribution in [2.24, 2.45) is 5.92 Å². The Labute approximate surface area is 257 Å². The minimum atomic E-state index is -0.900. The molecular weight excluding hydrogens is 538 g/mol. The molecule has 3 aromatic rings. The summed E-state index contributed by atoms with van der Waals surface area (Å²) in [5.74, 6) is -0.838. The molecule has 3 rings (SSSR count). The number of benzene rings is 3. The molecule has 7 heteroatoms. The van der Waals surface area contributed by atoms with Gasteiger partial charge in [0.05, 0.1) is 0 Å². The number of fused-ring (bicyclic) bond motifs is 1. The van der Waals surface area contributed by atoms with Crippen molar-refractivity contribution >= 4 is 34.4 Å². The number of hydrogen-bond acceptors (Lipinski definition) is 4. The minimum Gasteiger partial charge on any atom is -0.444 e. The molecule has 0 aromatic heterocycles. The zero-order valence-corrected chi connectivity index (χ0v) is 27.1. The third-order valence-corrected chi connectivity index (χ3v) is 7.53. The number of rotatable bonds is 12. The van der Waals surface area contributed by atoms with E-state index in [0.29, 0.717) is 12.2 Å². The highest BCUT2D eigenvalue weighted by atomic mass is 16.6. The fourth-order valence-corrected chi connectivity index (χ4v) is 5.37. The van der Waals surface area contributed by atoms with E-state index in [1.807, 2.05) is 88.4 Å². The van der Waals surface area contributed by atoms with Crippen molar-refractivity contribution in [2.75, 3.05) is 11.9 Å². The number of amides is 3. The molecule has 0 saturated heterocycles. The first-order chi connectivity index (χ1) is 20.3. The molecule has 0 saturated carbocycles. The van der Waals surface area contributed by atoms with E-state index in [4.69, 9.17) is 4.74 Å². The van der Waals surface area contributed by atoms with Crippen LogP contribution < -0.4 is 10.6 Å². The van der Waals surface area contributed by atoms with Gasteiger partial charge in [0.25, 0.3) is 5.91 Å². The van der Waals surface area contributed by atoms with Crippen LogP contribution in [0.5, 0.6) is 0 Å². The molecule has 2 atom stereocenters. The van der Waals surface area contributed by atoms with Crippen molar-refractivity contribution in [3.63, 3.8) is 0 Å². The van der Waals surface area contributed by atoms with Gasteiger partial charge in [0.2, 0.25) is 5.91 Å². The summed E-state index contributed by atoms with van der Waals surface area (Å²) in [5.41, 5.74) is 2.59. The maximum Gasteiger partial charge on any atom is 0.408 e. The summed E-state index contributed by atoms with van der Waals surface area (Å²) in [4.78, 5) is 43.4. The molecule has 0 fully saturated rings. The van der Waals surface area contributed by atoms with Crippen LogP contribution in [0, 0.1) is 19.8 Å². The van der Waals surface area contributed by atoms with Gasteiger partial charge >= 0.3 is 6.09 Å². The maximum atomic E-state index is 14.5. The highest BCUT2D eigenvalue weighted by Gasteiger charge is 2.38. The van der Waals surface area contributed by atoms with Gasteiger partial charge in [-0.05, 0) is 86.6 Å². The number of nitrogens with zero attached hydrogens (tertiary/aromatic N) is 1. The highest BCUT2D eigenvalue weighted by Crippen LogP contribution is 2.31. The second kappa shape index (κ2) is 15.0. The topological polar surface area (TPSA) is 87.7 Å². The molecule has 0 aliphatic rings. The first-order valence-corrected chi connectivity index (χ1v) is 15.5. The van der Waals surface area contributed by atoms with E-state index in [2.05, 4.69) is 17.6 Å². The van der Waals surface area contributed by atoms with Gasteiger partial charge in [0, 0.05) is 12.2 Å². The predicted octanol–water partition coefficient (Wildman–Crippen LogP) is 8.09. The first kappa shape index (κ1) is 33.6. The lowest BCUT2D eigenvalue weighted by atomic mass is 9.92. The number of alkyl carbamates (subject to hydrolysis) is 1. The van der Waals surface area contributed by atoms with Crippen molar-refractivity contribution in [3.8, 4) is 0 Å². The largest absolute Gasteiger partial charge is 0.444 e. The number of nitrogens with one attached hydrogen (secondary N) is 2. The van der Waals surface area contributed by atoms with E-state index in [1.165, 1.54) is 0 Å². The maximum absolute atomic E-state index is 14.5. The van der Waals surface area contributed by atoms with Gasteiger partial charge < -0.3 is 20.3 Å². The number of anilines is 1. The van der Waals surface area contributed by atoms with Crippen LogP contribution in [0.15, 0.2) is 60.7 Å². The van der Waals surface area contributed by atoms with E-state index in [-0.39, 0.29) is 17.7 Å². The number of carbonyl (C=O) groups excluding carboxylic acids is 3. The smallest absolute Gasteiger partial charge is 0.408 e. The van der Waals surface area contributed by atoms with Gasteiger partial charge in [-0.2, -0.15) is 0 Å². The standard InChI is InChI=1S/C36H49N3O4/c1-9-10-11-14-22-39(34(41)31(24(2)3)38-35(42)43-36(6,7)8)32(30-25(4)16-15-17-26(30)5)33(40)37-29-21-20-27-18-12-13-19-28(27)23-29/h12-13,15-21,23-24,31-32H,9-11,14,22H2,1-8H3,(H,37,40)(H,38,42). The van der Waals surface area contributed by atoms with Crippen LogP contribution in [-0.2, 0) is 14.3 Å². The zero-order valence-electron chi connectivity index (χ0n) is 27.1. The van der Waals surface area contributed by atoms with Crippen molar-refractivity contribution in [2.45, 2.75) is 98.8 Å². The van der Waals surface area contributed by atoms with Crippen LogP contribution in [0.1, 0.15) is 90.0 Å². The zero-order chi connectivity index (χ0) is 31.7. The Morgan fingerprint density at radius 3 is 2.12 bits per heavy atom. The van der Waals surface area contributed by atoms with Crippen molar-refractivity contribution in [1.82, 2.24) is 10.2 Å². The minimum absolute atomic E-state index is 0.236. The summed E-state index contributed by atoms with van der Waals surface area (Å²) in [6.07, 6.45) is 3.09. The average molecular weight is 588 g/mol. The molecule has 2 N–H and O–H groups in total. The Hall–Kier alpha value is -3.87. The molecule has 0 spiro atoms. The summed E-state index contributed by atoms with van der Waals surface area (Å²) in [6.45, 7) is 15.6. The summed E-state index contributed by atoms with van der Waals surface area (Å²) >= 11 is 0. The van der Waals surface area contributed by atoms with Crippen molar-refractivity contribution in [3.05, 3.63) is 77.4 Å². The molecule has 7 nitrogen and oxygen atoms in total. The molecule has 232 valence electrons. The van der Waals surface area contributed by atoms with E-state index in [1.54, 1.807) is 25.7 Å². The average Bonchev–Trinajstić information content (AvgIpc) is 2.93. The highest BCUT2D eigenvalue weighted by molar-refractivity contribution is 6.00. The van der Waals surface area contributed by atoms with Crippen LogP contribution in [0.25, 0.3) is 10.8 Å². The molecule has 0 aliphatic heterocycles. The lowest BCUT2D eigenvalue weighted by Crippen LogP contribution is -2.54. The Morgan fingerprint density at radius 1 is 0.860 bits per heavy atom. The van der Waals surface area contributed by atoms with Gasteiger partial charge in [-0.25, -0.2) is 4.79 Å². The Kier molecular flexibility index (Phi) is 11.8. The third-order valence-electron chi connectivity index (χ3n) is 7.53. The molecular formula is C36H49N3O4. The summed E-state index contributed by atoms with van der Waals surface area (Å²) < 4.78 is 5.51. The monoisotopic (exact) mass is 587 g/mol. The van der Waals surface area contributed by atoms with Crippen LogP contribution in [-0.4, -0.2) is 41.0 Å². The summed E-state index contributed by atoms with van der Waals surface area (Å²) in [6, 6.07) is 17.9. The summed E-state index contributed by atoms with van der Waals surface area (Å²) in [5, 5.41) is 8.02. The number of hydrogen-bond donors (Lipinski definition) is 2. The van der Waals surface area contributed by atoms with Crippen LogP contribution >= 0.6 is 0 Å². The first-order valence-electron chi connectivity index (χ1n) is 15.5.